The van der Waals surface area contributed by atoms with Gasteiger partial charge in [0.2, 0.25) is 0 Å². The summed E-state index contributed by atoms with van der Waals surface area (Å²) >= 11 is 0. The van der Waals surface area contributed by atoms with Gasteiger partial charge < -0.3 is 4.74 Å². The largest absolute Gasteiger partial charge is 0.444 e. The second-order valence-electron chi connectivity index (χ2n) is 5.15. The van der Waals surface area contributed by atoms with Crippen LogP contribution >= 0.6 is 0 Å². The van der Waals surface area contributed by atoms with E-state index in [1.165, 1.54) is 0 Å². The maximum Gasteiger partial charge on any atom is 0.412 e. The number of aromatic nitrogens is 1. The zero-order chi connectivity index (χ0) is 13.2. The van der Waals surface area contributed by atoms with Crippen molar-refractivity contribution in [3.05, 3.63) is 23.0 Å². The van der Waals surface area contributed by atoms with Crippen LogP contribution in [0.1, 0.15) is 37.7 Å². The fourth-order valence-corrected chi connectivity index (χ4v) is 1.44. The van der Waals surface area contributed by atoms with Gasteiger partial charge in [0.05, 0.1) is 5.69 Å². The third-order valence-electron chi connectivity index (χ3n) is 2.28. The summed E-state index contributed by atoms with van der Waals surface area (Å²) in [4.78, 5) is 16.0. The van der Waals surface area contributed by atoms with Crippen molar-refractivity contribution in [1.29, 1.82) is 0 Å². The fourth-order valence-electron chi connectivity index (χ4n) is 1.44. The summed E-state index contributed by atoms with van der Waals surface area (Å²) in [7, 11) is 0. The van der Waals surface area contributed by atoms with Gasteiger partial charge in [0, 0.05) is 11.4 Å². The molecule has 0 unspecified atom stereocenters. The zero-order valence-corrected chi connectivity index (χ0v) is 11.3. The first-order chi connectivity index (χ1) is 7.69. The quantitative estimate of drug-likeness (QED) is 0.813. The summed E-state index contributed by atoms with van der Waals surface area (Å²) < 4.78 is 5.21. The Hall–Kier alpha value is -1.58. The molecule has 94 valence electrons. The maximum atomic E-state index is 11.6. The number of ether oxygens (including phenoxy) is 1. The van der Waals surface area contributed by atoms with E-state index in [-0.39, 0.29) is 0 Å². The Morgan fingerprint density at radius 3 is 2.41 bits per heavy atom. The molecule has 1 N–H and O–H groups in total. The Bertz CT molecular complexity index is 434. The van der Waals surface area contributed by atoms with E-state index in [2.05, 4.69) is 10.3 Å². The molecular weight excluding hydrogens is 216 g/mol. The molecule has 1 aromatic rings. The van der Waals surface area contributed by atoms with Gasteiger partial charge in [-0.1, -0.05) is 0 Å². The van der Waals surface area contributed by atoms with E-state index in [1.807, 2.05) is 47.6 Å². The minimum Gasteiger partial charge on any atom is -0.444 e. The number of carbonyl (C=O) groups excluding carboxylic acids is 1. The van der Waals surface area contributed by atoms with E-state index in [4.69, 9.17) is 4.74 Å². The Kier molecular flexibility index (Phi) is 3.76. The molecule has 0 aliphatic rings. The first kappa shape index (κ1) is 13.5. The summed E-state index contributed by atoms with van der Waals surface area (Å²) in [6.45, 7) is 11.2. The van der Waals surface area contributed by atoms with Gasteiger partial charge in [-0.2, -0.15) is 0 Å². The lowest BCUT2D eigenvalue weighted by Gasteiger charge is -2.20. The number of carbonyl (C=O) groups is 1. The van der Waals surface area contributed by atoms with Crippen molar-refractivity contribution in [2.24, 2.45) is 0 Å². The van der Waals surface area contributed by atoms with Crippen LogP contribution in [-0.2, 0) is 4.74 Å². The highest BCUT2D eigenvalue weighted by Gasteiger charge is 2.17. The lowest BCUT2D eigenvalue weighted by Crippen LogP contribution is -2.27. The van der Waals surface area contributed by atoms with Gasteiger partial charge in [-0.25, -0.2) is 4.79 Å². The van der Waals surface area contributed by atoms with Gasteiger partial charge in [0.15, 0.2) is 0 Å². The van der Waals surface area contributed by atoms with Crippen molar-refractivity contribution in [2.75, 3.05) is 5.32 Å². The number of nitrogens with zero attached hydrogens (tertiary/aromatic N) is 1. The number of amides is 1. The molecule has 1 heterocycles. The van der Waals surface area contributed by atoms with E-state index in [0.717, 1.165) is 22.6 Å². The molecule has 0 bridgehead atoms. The highest BCUT2D eigenvalue weighted by molar-refractivity contribution is 5.86. The van der Waals surface area contributed by atoms with E-state index < -0.39 is 11.7 Å². The molecule has 0 atom stereocenters. The lowest BCUT2D eigenvalue weighted by molar-refractivity contribution is 0.0636. The molecule has 4 nitrogen and oxygen atoms in total. The normalized spacial score (nSPS) is 11.2. The van der Waals surface area contributed by atoms with Crippen molar-refractivity contribution in [3.63, 3.8) is 0 Å². The van der Waals surface area contributed by atoms with E-state index >= 15 is 0 Å². The Balaban J connectivity index is 2.85. The van der Waals surface area contributed by atoms with Crippen molar-refractivity contribution >= 4 is 11.8 Å². The molecule has 1 amide bonds. The molecule has 0 aliphatic heterocycles. The molecule has 0 saturated carbocycles. The number of pyridine rings is 1. The van der Waals surface area contributed by atoms with Crippen molar-refractivity contribution in [2.45, 2.75) is 47.1 Å². The number of hydrogen-bond donors (Lipinski definition) is 1. The van der Waals surface area contributed by atoms with Crippen LogP contribution in [0.2, 0.25) is 0 Å². The fraction of sp³-hybridized carbons (Fsp3) is 0.538. The highest BCUT2D eigenvalue weighted by Crippen LogP contribution is 2.19. The van der Waals surface area contributed by atoms with Gasteiger partial charge in [0.25, 0.3) is 0 Å². The van der Waals surface area contributed by atoms with Crippen LogP contribution < -0.4 is 5.32 Å². The predicted octanol–water partition coefficient (Wildman–Crippen LogP) is 3.35. The molecule has 0 radical (unpaired) electrons. The van der Waals surface area contributed by atoms with Crippen LogP contribution in [0.15, 0.2) is 6.07 Å². The maximum absolute atomic E-state index is 11.6. The van der Waals surface area contributed by atoms with Crippen molar-refractivity contribution in [1.82, 2.24) is 4.98 Å². The number of anilines is 1. The molecule has 1 rings (SSSR count). The lowest BCUT2D eigenvalue weighted by atomic mass is 10.1. The molecule has 17 heavy (non-hydrogen) atoms. The average Bonchev–Trinajstić information content (AvgIpc) is 2.10. The highest BCUT2D eigenvalue weighted by atomic mass is 16.6. The van der Waals surface area contributed by atoms with Crippen LogP contribution in [0.4, 0.5) is 10.5 Å². The van der Waals surface area contributed by atoms with E-state index in [9.17, 15) is 4.79 Å². The van der Waals surface area contributed by atoms with Crippen LogP contribution in [-0.4, -0.2) is 16.7 Å². The van der Waals surface area contributed by atoms with Gasteiger partial charge >= 0.3 is 6.09 Å². The molecular formula is C13H20N2O2. The molecule has 0 spiro atoms. The molecule has 0 fully saturated rings. The molecule has 0 aromatic carbocycles. The number of hydrogen-bond acceptors (Lipinski definition) is 3. The Labute approximate surface area is 102 Å². The standard InChI is InChI=1S/C13H20N2O2/c1-8-7-11(9(2)10(3)14-8)15-12(16)17-13(4,5)6/h7H,1-6H3,(H,14,15,16). The first-order valence-corrected chi connectivity index (χ1v) is 5.64. The summed E-state index contributed by atoms with van der Waals surface area (Å²) in [5, 5.41) is 2.75. The third-order valence-corrected chi connectivity index (χ3v) is 2.28. The minimum atomic E-state index is -0.491. The number of nitrogens with one attached hydrogen (secondary N) is 1. The third kappa shape index (κ3) is 4.06. The SMILES string of the molecule is Cc1cc(NC(=O)OC(C)(C)C)c(C)c(C)n1. The van der Waals surface area contributed by atoms with Crippen LogP contribution in [0.5, 0.6) is 0 Å². The summed E-state index contributed by atoms with van der Waals surface area (Å²) in [5.41, 5.74) is 3.01. The average molecular weight is 236 g/mol. The summed E-state index contributed by atoms with van der Waals surface area (Å²) in [5.74, 6) is 0. The van der Waals surface area contributed by atoms with Crippen molar-refractivity contribution < 1.29 is 9.53 Å². The van der Waals surface area contributed by atoms with E-state index in [0.29, 0.717) is 0 Å². The van der Waals surface area contributed by atoms with Gasteiger partial charge in [0.1, 0.15) is 5.60 Å². The molecule has 1 aromatic heterocycles. The van der Waals surface area contributed by atoms with Gasteiger partial charge in [-0.05, 0) is 53.2 Å². The predicted molar refractivity (Wildman–Crippen MR) is 68.3 cm³/mol. The van der Waals surface area contributed by atoms with Gasteiger partial charge in [-0.15, -0.1) is 0 Å². The Morgan fingerprint density at radius 1 is 1.29 bits per heavy atom. The Morgan fingerprint density at radius 2 is 1.88 bits per heavy atom. The second kappa shape index (κ2) is 4.73. The zero-order valence-electron chi connectivity index (χ0n) is 11.3. The minimum absolute atomic E-state index is 0.439. The first-order valence-electron chi connectivity index (χ1n) is 5.64. The molecule has 4 heteroatoms. The summed E-state index contributed by atoms with van der Waals surface area (Å²) in [6.07, 6.45) is -0.439. The van der Waals surface area contributed by atoms with Gasteiger partial charge in [-0.3, -0.25) is 10.3 Å². The smallest absolute Gasteiger partial charge is 0.412 e. The van der Waals surface area contributed by atoms with Crippen LogP contribution in [0, 0.1) is 20.8 Å². The van der Waals surface area contributed by atoms with Crippen LogP contribution in [0.3, 0.4) is 0 Å². The molecule has 0 aliphatic carbocycles. The number of aryl methyl sites for hydroxylation is 2. The molecule has 0 saturated heterocycles. The van der Waals surface area contributed by atoms with E-state index in [1.54, 1.807) is 0 Å². The number of rotatable bonds is 1. The topological polar surface area (TPSA) is 51.2 Å². The summed E-state index contributed by atoms with van der Waals surface area (Å²) in [6, 6.07) is 1.84. The van der Waals surface area contributed by atoms with Crippen molar-refractivity contribution in [3.8, 4) is 0 Å². The second-order valence-corrected chi connectivity index (χ2v) is 5.15. The monoisotopic (exact) mass is 236 g/mol. The van der Waals surface area contributed by atoms with Crippen LogP contribution in [0.25, 0.3) is 0 Å².